The maximum atomic E-state index is 5.31. The zero-order chi connectivity index (χ0) is 15.1. The van der Waals surface area contributed by atoms with Crippen LogP contribution >= 0.6 is 0 Å². The van der Waals surface area contributed by atoms with E-state index in [-0.39, 0.29) is 0 Å². The average molecular weight is 285 g/mol. The maximum Gasteiger partial charge on any atom is 0.241 e. The van der Waals surface area contributed by atoms with Gasteiger partial charge in [0.05, 0.1) is 19.2 Å². The second-order valence-electron chi connectivity index (χ2n) is 4.48. The van der Waals surface area contributed by atoms with Gasteiger partial charge in [-0.05, 0) is 12.1 Å². The van der Waals surface area contributed by atoms with Gasteiger partial charge in [0, 0.05) is 13.1 Å². The highest BCUT2D eigenvalue weighted by Crippen LogP contribution is 2.27. The molecule has 2 rings (SSSR count). The molecule has 0 fully saturated rings. The second kappa shape index (κ2) is 7.40. The van der Waals surface area contributed by atoms with Crippen LogP contribution < -0.4 is 4.74 Å². The molecule has 0 aliphatic heterocycles. The van der Waals surface area contributed by atoms with Crippen LogP contribution in [0.2, 0.25) is 0 Å². The molecule has 110 valence electrons. The summed E-state index contributed by atoms with van der Waals surface area (Å²) in [6.45, 7) is 9.51. The van der Waals surface area contributed by atoms with Gasteiger partial charge in [-0.25, -0.2) is 0 Å². The zero-order valence-electron chi connectivity index (χ0n) is 12.2. The number of nitrogens with zero attached hydrogens (tertiary/aromatic N) is 3. The van der Waals surface area contributed by atoms with Crippen LogP contribution in [0.3, 0.4) is 0 Å². The SMILES string of the molecule is C=CCN(CC=C)Cc1nc(-c2ccccc2OC)no1. The minimum atomic E-state index is 0.527. The van der Waals surface area contributed by atoms with Crippen molar-refractivity contribution in [2.75, 3.05) is 20.2 Å². The summed E-state index contributed by atoms with van der Waals surface area (Å²) in [6, 6.07) is 7.58. The first-order valence-electron chi connectivity index (χ1n) is 6.68. The molecule has 0 unspecified atom stereocenters. The van der Waals surface area contributed by atoms with Gasteiger partial charge in [0.2, 0.25) is 11.7 Å². The van der Waals surface area contributed by atoms with E-state index in [1.54, 1.807) is 7.11 Å². The molecule has 0 atom stereocenters. The van der Waals surface area contributed by atoms with Crippen LogP contribution in [0.4, 0.5) is 0 Å². The monoisotopic (exact) mass is 285 g/mol. The summed E-state index contributed by atoms with van der Waals surface area (Å²) in [5.74, 6) is 1.80. The van der Waals surface area contributed by atoms with Crippen molar-refractivity contribution in [1.29, 1.82) is 0 Å². The third-order valence-corrected chi connectivity index (χ3v) is 2.95. The summed E-state index contributed by atoms with van der Waals surface area (Å²) >= 11 is 0. The Hall–Kier alpha value is -2.40. The van der Waals surface area contributed by atoms with Crippen molar-refractivity contribution in [3.63, 3.8) is 0 Å². The molecule has 0 radical (unpaired) electrons. The molecule has 2 aromatic rings. The Labute approximate surface area is 124 Å². The van der Waals surface area contributed by atoms with E-state index in [9.17, 15) is 0 Å². The van der Waals surface area contributed by atoms with Crippen molar-refractivity contribution in [3.8, 4) is 17.1 Å². The van der Waals surface area contributed by atoms with Gasteiger partial charge in [-0.3, -0.25) is 4.90 Å². The number of methoxy groups -OCH3 is 1. The van der Waals surface area contributed by atoms with Crippen molar-refractivity contribution in [2.45, 2.75) is 6.54 Å². The molecule has 1 heterocycles. The first-order chi connectivity index (χ1) is 10.3. The molecule has 0 bridgehead atoms. The molecule has 0 saturated heterocycles. The van der Waals surface area contributed by atoms with Crippen molar-refractivity contribution >= 4 is 0 Å². The molecule has 0 amide bonds. The summed E-state index contributed by atoms with van der Waals surface area (Å²) in [4.78, 5) is 6.52. The molecule has 0 aliphatic rings. The normalized spacial score (nSPS) is 10.6. The third-order valence-electron chi connectivity index (χ3n) is 2.95. The number of ether oxygens (including phenoxy) is 1. The van der Waals surface area contributed by atoms with Gasteiger partial charge >= 0.3 is 0 Å². The Morgan fingerprint density at radius 3 is 2.62 bits per heavy atom. The molecule has 1 aromatic carbocycles. The fraction of sp³-hybridized carbons (Fsp3) is 0.250. The molecule has 0 spiro atoms. The van der Waals surface area contributed by atoms with Crippen LogP contribution in [0.25, 0.3) is 11.4 Å². The van der Waals surface area contributed by atoms with Crippen LogP contribution in [0.15, 0.2) is 54.1 Å². The van der Waals surface area contributed by atoms with Crippen LogP contribution in [-0.4, -0.2) is 35.2 Å². The van der Waals surface area contributed by atoms with E-state index in [4.69, 9.17) is 9.26 Å². The lowest BCUT2D eigenvalue weighted by Gasteiger charge is -2.15. The van der Waals surface area contributed by atoms with E-state index in [0.29, 0.717) is 18.3 Å². The molecule has 5 nitrogen and oxygen atoms in total. The molecule has 0 aliphatic carbocycles. The largest absolute Gasteiger partial charge is 0.496 e. The van der Waals surface area contributed by atoms with Crippen LogP contribution in [0.1, 0.15) is 5.89 Å². The van der Waals surface area contributed by atoms with E-state index in [1.165, 1.54) is 0 Å². The minimum Gasteiger partial charge on any atom is -0.496 e. The van der Waals surface area contributed by atoms with E-state index in [0.717, 1.165) is 24.4 Å². The number of para-hydroxylation sites is 1. The summed E-state index contributed by atoms with van der Waals surface area (Å²) in [5.41, 5.74) is 0.814. The summed E-state index contributed by atoms with van der Waals surface area (Å²) in [5, 5.41) is 4.02. The van der Waals surface area contributed by atoms with Gasteiger partial charge < -0.3 is 9.26 Å². The number of aromatic nitrogens is 2. The smallest absolute Gasteiger partial charge is 0.241 e. The standard InChI is InChI=1S/C16H19N3O2/c1-4-10-19(11-5-2)12-15-17-16(18-21-15)13-8-6-7-9-14(13)20-3/h4-9H,1-2,10-12H2,3H3. The predicted molar refractivity (Wildman–Crippen MR) is 82.0 cm³/mol. The molecule has 0 N–H and O–H groups in total. The van der Waals surface area contributed by atoms with Gasteiger partial charge in [-0.15, -0.1) is 13.2 Å². The summed E-state index contributed by atoms with van der Waals surface area (Å²) in [6.07, 6.45) is 3.67. The van der Waals surface area contributed by atoms with E-state index < -0.39 is 0 Å². The maximum absolute atomic E-state index is 5.31. The van der Waals surface area contributed by atoms with Crippen LogP contribution in [0, 0.1) is 0 Å². The van der Waals surface area contributed by atoms with Crippen molar-refractivity contribution in [1.82, 2.24) is 15.0 Å². The fourth-order valence-corrected chi connectivity index (χ4v) is 2.02. The zero-order valence-corrected chi connectivity index (χ0v) is 12.2. The van der Waals surface area contributed by atoms with Crippen molar-refractivity contribution < 1.29 is 9.26 Å². The molecular formula is C16H19N3O2. The van der Waals surface area contributed by atoms with Gasteiger partial charge in [0.15, 0.2) is 0 Å². The van der Waals surface area contributed by atoms with Gasteiger partial charge in [0.1, 0.15) is 5.75 Å². The Bertz CT molecular complexity index is 597. The predicted octanol–water partition coefficient (Wildman–Crippen LogP) is 2.92. The fourth-order valence-electron chi connectivity index (χ4n) is 2.02. The van der Waals surface area contributed by atoms with Crippen molar-refractivity contribution in [2.24, 2.45) is 0 Å². The molecule has 1 aromatic heterocycles. The molecule has 0 saturated carbocycles. The first kappa shape index (κ1) is 15.0. The van der Waals surface area contributed by atoms with Crippen LogP contribution in [-0.2, 0) is 6.54 Å². The molecule has 5 heteroatoms. The van der Waals surface area contributed by atoms with Gasteiger partial charge in [-0.2, -0.15) is 4.98 Å². The first-order valence-corrected chi connectivity index (χ1v) is 6.68. The summed E-state index contributed by atoms with van der Waals surface area (Å²) < 4.78 is 10.6. The lowest BCUT2D eigenvalue weighted by molar-refractivity contribution is 0.266. The summed E-state index contributed by atoms with van der Waals surface area (Å²) in [7, 11) is 1.62. The Morgan fingerprint density at radius 1 is 1.24 bits per heavy atom. The number of rotatable bonds is 8. The lowest BCUT2D eigenvalue weighted by Crippen LogP contribution is -2.23. The second-order valence-corrected chi connectivity index (χ2v) is 4.48. The van der Waals surface area contributed by atoms with Crippen molar-refractivity contribution in [3.05, 3.63) is 55.5 Å². The Balaban J connectivity index is 2.17. The highest BCUT2D eigenvalue weighted by Gasteiger charge is 2.14. The average Bonchev–Trinajstić information content (AvgIpc) is 2.96. The number of hydrogen-bond acceptors (Lipinski definition) is 5. The highest BCUT2D eigenvalue weighted by molar-refractivity contribution is 5.63. The Morgan fingerprint density at radius 2 is 1.95 bits per heavy atom. The lowest BCUT2D eigenvalue weighted by atomic mass is 10.2. The molecular weight excluding hydrogens is 266 g/mol. The number of hydrogen-bond donors (Lipinski definition) is 0. The molecule has 21 heavy (non-hydrogen) atoms. The topological polar surface area (TPSA) is 51.4 Å². The van der Waals surface area contributed by atoms with E-state index in [1.807, 2.05) is 36.4 Å². The Kier molecular flexibility index (Phi) is 5.29. The number of benzene rings is 1. The van der Waals surface area contributed by atoms with Gasteiger partial charge in [0.25, 0.3) is 0 Å². The quantitative estimate of drug-likeness (QED) is 0.698. The van der Waals surface area contributed by atoms with E-state index >= 15 is 0 Å². The van der Waals surface area contributed by atoms with Gasteiger partial charge in [-0.1, -0.05) is 29.4 Å². The minimum absolute atomic E-state index is 0.527. The van der Waals surface area contributed by atoms with E-state index in [2.05, 4.69) is 28.2 Å². The van der Waals surface area contributed by atoms with Crippen LogP contribution in [0.5, 0.6) is 5.75 Å². The highest BCUT2D eigenvalue weighted by atomic mass is 16.5. The third kappa shape index (κ3) is 3.79.